The second-order valence-corrected chi connectivity index (χ2v) is 3.46. The fourth-order valence-corrected chi connectivity index (χ4v) is 1.58. The summed E-state index contributed by atoms with van der Waals surface area (Å²) in [5.41, 5.74) is 6.91. The first kappa shape index (κ1) is 7.76. The molecule has 0 amide bonds. The van der Waals surface area contributed by atoms with Gasteiger partial charge in [0.15, 0.2) is 0 Å². The highest BCUT2D eigenvalue weighted by Gasteiger charge is 1.99. The highest BCUT2D eigenvalue weighted by atomic mass is 32.1. The van der Waals surface area contributed by atoms with Gasteiger partial charge >= 0.3 is 0 Å². The van der Waals surface area contributed by atoms with E-state index in [0.717, 1.165) is 13.0 Å². The molecule has 0 radical (unpaired) electrons. The monoisotopic (exact) mass is 155 g/mol. The third-order valence-electron chi connectivity index (χ3n) is 1.57. The SMILES string of the molecule is CC(CN)Cc1ccsc1. The predicted octanol–water partition coefficient (Wildman–Crippen LogP) is 1.89. The third-order valence-corrected chi connectivity index (χ3v) is 2.30. The van der Waals surface area contributed by atoms with Crippen LogP contribution >= 0.6 is 11.3 Å². The molecule has 2 heteroatoms. The molecule has 0 aliphatic rings. The first-order chi connectivity index (χ1) is 4.83. The summed E-state index contributed by atoms with van der Waals surface area (Å²) >= 11 is 1.75. The van der Waals surface area contributed by atoms with E-state index in [1.165, 1.54) is 5.56 Å². The van der Waals surface area contributed by atoms with Crippen molar-refractivity contribution < 1.29 is 0 Å². The largest absolute Gasteiger partial charge is 0.330 e. The summed E-state index contributed by atoms with van der Waals surface area (Å²) in [5, 5.41) is 4.30. The molecule has 2 N–H and O–H groups in total. The van der Waals surface area contributed by atoms with Crippen molar-refractivity contribution in [1.29, 1.82) is 0 Å². The molecule has 1 rings (SSSR count). The van der Waals surface area contributed by atoms with Crippen molar-refractivity contribution >= 4 is 11.3 Å². The number of nitrogens with two attached hydrogens (primary N) is 1. The fraction of sp³-hybridized carbons (Fsp3) is 0.500. The lowest BCUT2D eigenvalue weighted by Crippen LogP contribution is -2.12. The van der Waals surface area contributed by atoms with E-state index in [4.69, 9.17) is 5.73 Å². The Hall–Kier alpha value is -0.340. The Bertz CT molecular complexity index is 169. The quantitative estimate of drug-likeness (QED) is 0.708. The minimum Gasteiger partial charge on any atom is -0.330 e. The molecule has 0 aromatic carbocycles. The predicted molar refractivity (Wildman–Crippen MR) is 46.2 cm³/mol. The maximum Gasteiger partial charge on any atom is -0.00483 e. The zero-order chi connectivity index (χ0) is 7.40. The number of hydrogen-bond donors (Lipinski definition) is 1. The fourth-order valence-electron chi connectivity index (χ4n) is 0.894. The molecule has 1 aromatic heterocycles. The topological polar surface area (TPSA) is 26.0 Å². The highest BCUT2D eigenvalue weighted by molar-refractivity contribution is 7.07. The van der Waals surface area contributed by atoms with Gasteiger partial charge in [-0.05, 0) is 41.3 Å². The van der Waals surface area contributed by atoms with Gasteiger partial charge in [-0.1, -0.05) is 6.92 Å². The Labute approximate surface area is 65.9 Å². The highest BCUT2D eigenvalue weighted by Crippen LogP contribution is 2.10. The second kappa shape index (κ2) is 3.74. The zero-order valence-corrected chi connectivity index (χ0v) is 7.03. The Morgan fingerprint density at radius 3 is 3.00 bits per heavy atom. The van der Waals surface area contributed by atoms with Crippen LogP contribution in [0.25, 0.3) is 0 Å². The van der Waals surface area contributed by atoms with Crippen LogP contribution in [0.4, 0.5) is 0 Å². The summed E-state index contributed by atoms with van der Waals surface area (Å²) in [5.74, 6) is 0.620. The van der Waals surface area contributed by atoms with Crippen molar-refractivity contribution in [1.82, 2.24) is 0 Å². The normalized spacial score (nSPS) is 13.4. The molecule has 1 nitrogen and oxygen atoms in total. The van der Waals surface area contributed by atoms with Gasteiger partial charge in [0, 0.05) is 0 Å². The minimum atomic E-state index is 0.620. The molecule has 0 bridgehead atoms. The Kier molecular flexibility index (Phi) is 2.90. The third kappa shape index (κ3) is 2.12. The van der Waals surface area contributed by atoms with Gasteiger partial charge in [-0.2, -0.15) is 11.3 Å². The van der Waals surface area contributed by atoms with E-state index in [0.29, 0.717) is 5.92 Å². The van der Waals surface area contributed by atoms with Crippen LogP contribution < -0.4 is 5.73 Å². The maximum atomic E-state index is 5.49. The molecule has 1 unspecified atom stereocenters. The van der Waals surface area contributed by atoms with Gasteiger partial charge in [0.1, 0.15) is 0 Å². The van der Waals surface area contributed by atoms with E-state index in [-0.39, 0.29) is 0 Å². The number of hydrogen-bond acceptors (Lipinski definition) is 2. The average molecular weight is 155 g/mol. The summed E-state index contributed by atoms with van der Waals surface area (Å²) in [6.45, 7) is 2.97. The van der Waals surface area contributed by atoms with Crippen molar-refractivity contribution in [3.63, 3.8) is 0 Å². The van der Waals surface area contributed by atoms with E-state index in [1.54, 1.807) is 11.3 Å². The minimum absolute atomic E-state index is 0.620. The number of rotatable bonds is 3. The van der Waals surface area contributed by atoms with Crippen LogP contribution in [-0.2, 0) is 6.42 Å². The van der Waals surface area contributed by atoms with Gasteiger partial charge in [-0.3, -0.25) is 0 Å². The summed E-state index contributed by atoms with van der Waals surface area (Å²) in [6, 6.07) is 2.16. The maximum absolute atomic E-state index is 5.49. The molecule has 56 valence electrons. The first-order valence-electron chi connectivity index (χ1n) is 3.54. The molecule has 1 heterocycles. The van der Waals surface area contributed by atoms with Gasteiger partial charge in [-0.25, -0.2) is 0 Å². The first-order valence-corrected chi connectivity index (χ1v) is 4.48. The smallest absolute Gasteiger partial charge is 0.00483 e. The molecule has 0 spiro atoms. The molecule has 0 aliphatic heterocycles. The van der Waals surface area contributed by atoms with Crippen molar-refractivity contribution in [3.8, 4) is 0 Å². The zero-order valence-electron chi connectivity index (χ0n) is 6.21. The molecular formula is C8H13NS. The molecule has 0 saturated carbocycles. The molecule has 0 fully saturated rings. The molecule has 10 heavy (non-hydrogen) atoms. The molecule has 1 aromatic rings. The van der Waals surface area contributed by atoms with Crippen LogP contribution in [0.3, 0.4) is 0 Å². The van der Waals surface area contributed by atoms with Gasteiger partial charge in [-0.15, -0.1) is 0 Å². The molecule has 0 saturated heterocycles. The summed E-state index contributed by atoms with van der Waals surface area (Å²) < 4.78 is 0. The summed E-state index contributed by atoms with van der Waals surface area (Å²) in [4.78, 5) is 0. The Morgan fingerprint density at radius 2 is 2.50 bits per heavy atom. The van der Waals surface area contributed by atoms with Crippen LogP contribution in [0.2, 0.25) is 0 Å². The van der Waals surface area contributed by atoms with Crippen LogP contribution in [0, 0.1) is 5.92 Å². The lowest BCUT2D eigenvalue weighted by molar-refractivity contribution is 0.594. The van der Waals surface area contributed by atoms with Crippen LogP contribution in [0.1, 0.15) is 12.5 Å². The lowest BCUT2D eigenvalue weighted by atomic mass is 10.0. The molecular weight excluding hydrogens is 142 g/mol. The number of thiophene rings is 1. The van der Waals surface area contributed by atoms with E-state index >= 15 is 0 Å². The standard InChI is InChI=1S/C8H13NS/c1-7(5-9)4-8-2-3-10-6-8/h2-3,6-7H,4-5,9H2,1H3. The van der Waals surface area contributed by atoms with Gasteiger partial charge in [0.2, 0.25) is 0 Å². The molecule has 0 aliphatic carbocycles. The van der Waals surface area contributed by atoms with Crippen LogP contribution in [-0.4, -0.2) is 6.54 Å². The van der Waals surface area contributed by atoms with E-state index < -0.39 is 0 Å². The summed E-state index contributed by atoms with van der Waals surface area (Å²) in [6.07, 6.45) is 1.12. The van der Waals surface area contributed by atoms with Gasteiger partial charge < -0.3 is 5.73 Å². The van der Waals surface area contributed by atoms with Gasteiger partial charge in [0.25, 0.3) is 0 Å². The summed E-state index contributed by atoms with van der Waals surface area (Å²) in [7, 11) is 0. The Morgan fingerprint density at radius 1 is 1.70 bits per heavy atom. The lowest BCUT2D eigenvalue weighted by Gasteiger charge is -2.04. The Balaban J connectivity index is 2.40. The van der Waals surface area contributed by atoms with Crippen molar-refractivity contribution in [3.05, 3.63) is 22.4 Å². The van der Waals surface area contributed by atoms with Gasteiger partial charge in [0.05, 0.1) is 0 Å². The van der Waals surface area contributed by atoms with Crippen molar-refractivity contribution in [2.45, 2.75) is 13.3 Å². The molecule has 1 atom stereocenters. The van der Waals surface area contributed by atoms with E-state index in [9.17, 15) is 0 Å². The van der Waals surface area contributed by atoms with E-state index in [2.05, 4.69) is 23.8 Å². The van der Waals surface area contributed by atoms with Crippen LogP contribution in [0.5, 0.6) is 0 Å². The average Bonchev–Trinajstić information content (AvgIpc) is 2.40. The second-order valence-electron chi connectivity index (χ2n) is 2.68. The van der Waals surface area contributed by atoms with Crippen molar-refractivity contribution in [2.75, 3.05) is 6.54 Å². The van der Waals surface area contributed by atoms with E-state index in [1.807, 2.05) is 0 Å². The van der Waals surface area contributed by atoms with Crippen molar-refractivity contribution in [2.24, 2.45) is 11.7 Å². The van der Waals surface area contributed by atoms with Crippen LogP contribution in [0.15, 0.2) is 16.8 Å².